The van der Waals surface area contributed by atoms with E-state index in [1.165, 1.54) is 19.4 Å². The maximum atomic E-state index is 12.5. The number of Topliss-reactive ketones (excluding diaryl/α,β-unsaturated/α-hetero) is 1. The third kappa shape index (κ3) is 2.54. The Morgan fingerprint density at radius 2 is 2.20 bits per heavy atom. The van der Waals surface area contributed by atoms with Crippen molar-refractivity contribution in [3.63, 3.8) is 0 Å². The van der Waals surface area contributed by atoms with Crippen LogP contribution in [0.25, 0.3) is 0 Å². The number of rotatable bonds is 3. The number of H-pyrrole nitrogens is 1. The fourth-order valence-electron chi connectivity index (χ4n) is 3.75. The topological polar surface area (TPSA) is 39.3 Å². The van der Waals surface area contributed by atoms with E-state index in [0.717, 1.165) is 30.0 Å². The SMILES string of the molecule is Cc1cc(C(=O)CN2CC3CCCN3CC2C)c(C)[nH]1. The highest BCUT2D eigenvalue weighted by Gasteiger charge is 2.35. The van der Waals surface area contributed by atoms with E-state index in [2.05, 4.69) is 21.7 Å². The summed E-state index contributed by atoms with van der Waals surface area (Å²) in [5.41, 5.74) is 2.93. The lowest BCUT2D eigenvalue weighted by molar-refractivity contribution is 0.0535. The summed E-state index contributed by atoms with van der Waals surface area (Å²) in [5, 5.41) is 0. The molecule has 2 atom stereocenters. The predicted molar refractivity (Wildman–Crippen MR) is 80.2 cm³/mol. The molecule has 2 fully saturated rings. The summed E-state index contributed by atoms with van der Waals surface area (Å²) in [5.74, 6) is 0.255. The van der Waals surface area contributed by atoms with E-state index < -0.39 is 0 Å². The van der Waals surface area contributed by atoms with Gasteiger partial charge in [0.2, 0.25) is 0 Å². The van der Waals surface area contributed by atoms with Crippen LogP contribution < -0.4 is 0 Å². The van der Waals surface area contributed by atoms with E-state index in [1.807, 2.05) is 19.9 Å². The van der Waals surface area contributed by atoms with Crippen LogP contribution in [-0.4, -0.2) is 58.8 Å². The minimum absolute atomic E-state index is 0.255. The van der Waals surface area contributed by atoms with E-state index in [1.54, 1.807) is 0 Å². The number of carbonyl (C=O) groups is 1. The molecule has 2 aliphatic rings. The minimum Gasteiger partial charge on any atom is -0.362 e. The molecular weight excluding hydrogens is 250 g/mol. The standard InChI is InChI=1S/C16H25N3O/c1-11-7-15(13(3)17-11)16(20)10-19-9-14-5-4-6-18(14)8-12(19)2/h7,12,14,17H,4-6,8-10H2,1-3H3. The van der Waals surface area contributed by atoms with Crippen molar-refractivity contribution >= 4 is 5.78 Å². The van der Waals surface area contributed by atoms with Crippen LogP contribution in [0.2, 0.25) is 0 Å². The lowest BCUT2D eigenvalue weighted by Crippen LogP contribution is -2.55. The molecule has 1 aromatic heterocycles. The molecular formula is C16H25N3O. The maximum Gasteiger partial charge on any atom is 0.178 e. The Balaban J connectivity index is 1.67. The number of fused-ring (bicyclic) bond motifs is 1. The van der Waals surface area contributed by atoms with Gasteiger partial charge in [0.25, 0.3) is 0 Å². The number of carbonyl (C=O) groups excluding carboxylic acids is 1. The number of ketones is 1. The van der Waals surface area contributed by atoms with Crippen molar-refractivity contribution in [2.24, 2.45) is 0 Å². The third-order valence-electron chi connectivity index (χ3n) is 4.86. The van der Waals surface area contributed by atoms with Crippen LogP contribution in [-0.2, 0) is 0 Å². The first kappa shape index (κ1) is 13.8. The van der Waals surface area contributed by atoms with Crippen molar-refractivity contribution < 1.29 is 4.79 Å². The molecule has 4 nitrogen and oxygen atoms in total. The second kappa shape index (κ2) is 5.34. The molecule has 0 amide bonds. The molecule has 4 heteroatoms. The van der Waals surface area contributed by atoms with Crippen LogP contribution in [0.1, 0.15) is 41.5 Å². The number of nitrogens with one attached hydrogen (secondary N) is 1. The van der Waals surface area contributed by atoms with Gasteiger partial charge < -0.3 is 4.98 Å². The highest BCUT2D eigenvalue weighted by molar-refractivity contribution is 5.98. The third-order valence-corrected chi connectivity index (χ3v) is 4.86. The van der Waals surface area contributed by atoms with Crippen LogP contribution in [0.4, 0.5) is 0 Å². The molecule has 0 saturated carbocycles. The minimum atomic E-state index is 0.255. The van der Waals surface area contributed by atoms with E-state index in [4.69, 9.17) is 0 Å². The van der Waals surface area contributed by atoms with Crippen molar-refractivity contribution in [1.82, 2.24) is 14.8 Å². The van der Waals surface area contributed by atoms with Gasteiger partial charge in [-0.2, -0.15) is 0 Å². The molecule has 0 aliphatic carbocycles. The Hall–Kier alpha value is -1.13. The highest BCUT2D eigenvalue weighted by atomic mass is 16.1. The van der Waals surface area contributed by atoms with Crippen LogP contribution >= 0.6 is 0 Å². The zero-order valence-corrected chi connectivity index (χ0v) is 12.8. The van der Waals surface area contributed by atoms with Crippen molar-refractivity contribution in [2.75, 3.05) is 26.2 Å². The second-order valence-corrected chi connectivity index (χ2v) is 6.48. The van der Waals surface area contributed by atoms with Gasteiger partial charge in [0.1, 0.15) is 0 Å². The van der Waals surface area contributed by atoms with Gasteiger partial charge in [-0.05, 0) is 46.2 Å². The molecule has 2 saturated heterocycles. The lowest BCUT2D eigenvalue weighted by Gasteiger charge is -2.42. The fraction of sp³-hybridized carbons (Fsp3) is 0.688. The van der Waals surface area contributed by atoms with E-state index in [-0.39, 0.29) is 5.78 Å². The van der Waals surface area contributed by atoms with Gasteiger partial charge in [-0.1, -0.05) is 0 Å². The summed E-state index contributed by atoms with van der Waals surface area (Å²) in [4.78, 5) is 20.7. The van der Waals surface area contributed by atoms with E-state index >= 15 is 0 Å². The van der Waals surface area contributed by atoms with Crippen LogP contribution in [0.3, 0.4) is 0 Å². The maximum absolute atomic E-state index is 12.5. The monoisotopic (exact) mass is 275 g/mol. The smallest absolute Gasteiger partial charge is 0.178 e. The van der Waals surface area contributed by atoms with Gasteiger partial charge in [-0.3, -0.25) is 14.6 Å². The second-order valence-electron chi connectivity index (χ2n) is 6.48. The molecule has 1 aromatic rings. The number of hydrogen-bond donors (Lipinski definition) is 1. The highest BCUT2D eigenvalue weighted by Crippen LogP contribution is 2.24. The molecule has 0 bridgehead atoms. The van der Waals surface area contributed by atoms with Gasteiger partial charge >= 0.3 is 0 Å². The van der Waals surface area contributed by atoms with E-state index in [0.29, 0.717) is 18.6 Å². The average Bonchev–Trinajstić information content (AvgIpc) is 2.95. The van der Waals surface area contributed by atoms with Crippen molar-refractivity contribution in [1.29, 1.82) is 0 Å². The van der Waals surface area contributed by atoms with Crippen molar-refractivity contribution in [2.45, 2.75) is 45.7 Å². The van der Waals surface area contributed by atoms with Gasteiger partial charge in [-0.25, -0.2) is 0 Å². The molecule has 0 spiro atoms. The molecule has 3 rings (SSSR count). The molecule has 1 N–H and O–H groups in total. The number of aromatic nitrogens is 1. The molecule has 2 unspecified atom stereocenters. The zero-order chi connectivity index (χ0) is 14.3. The Labute approximate surface area is 121 Å². The molecule has 0 aromatic carbocycles. The summed E-state index contributed by atoms with van der Waals surface area (Å²) >= 11 is 0. The Kier molecular flexibility index (Phi) is 3.69. The number of aryl methyl sites for hydroxylation is 2. The van der Waals surface area contributed by atoms with Gasteiger partial charge in [0, 0.05) is 42.1 Å². The van der Waals surface area contributed by atoms with Crippen molar-refractivity contribution in [3.05, 3.63) is 23.0 Å². The summed E-state index contributed by atoms with van der Waals surface area (Å²) in [6.45, 7) is 10.2. The summed E-state index contributed by atoms with van der Waals surface area (Å²) in [7, 11) is 0. The predicted octanol–water partition coefficient (Wildman–Crippen LogP) is 1.98. The Bertz CT molecular complexity index is 508. The fourth-order valence-corrected chi connectivity index (χ4v) is 3.75. The summed E-state index contributed by atoms with van der Waals surface area (Å²) in [6.07, 6.45) is 2.61. The number of piperazine rings is 1. The van der Waals surface area contributed by atoms with Crippen LogP contribution in [0.5, 0.6) is 0 Å². The summed E-state index contributed by atoms with van der Waals surface area (Å²) < 4.78 is 0. The number of nitrogens with zero attached hydrogens (tertiary/aromatic N) is 2. The first-order chi connectivity index (χ1) is 9.54. The van der Waals surface area contributed by atoms with Gasteiger partial charge in [0.05, 0.1) is 6.54 Å². The Morgan fingerprint density at radius 3 is 2.90 bits per heavy atom. The molecule has 0 radical (unpaired) electrons. The largest absolute Gasteiger partial charge is 0.362 e. The Morgan fingerprint density at radius 1 is 1.40 bits per heavy atom. The van der Waals surface area contributed by atoms with Crippen LogP contribution in [0.15, 0.2) is 6.07 Å². The summed E-state index contributed by atoms with van der Waals surface area (Å²) in [6, 6.07) is 3.13. The zero-order valence-electron chi connectivity index (χ0n) is 12.8. The molecule has 20 heavy (non-hydrogen) atoms. The van der Waals surface area contributed by atoms with Crippen LogP contribution in [0, 0.1) is 13.8 Å². The van der Waals surface area contributed by atoms with Gasteiger partial charge in [-0.15, -0.1) is 0 Å². The normalized spacial score (nSPS) is 27.8. The quantitative estimate of drug-likeness (QED) is 0.857. The first-order valence-corrected chi connectivity index (χ1v) is 7.72. The van der Waals surface area contributed by atoms with Gasteiger partial charge in [0.15, 0.2) is 5.78 Å². The molecule has 110 valence electrons. The average molecular weight is 275 g/mol. The van der Waals surface area contributed by atoms with E-state index in [9.17, 15) is 4.79 Å². The number of hydrogen-bond acceptors (Lipinski definition) is 3. The number of aromatic amines is 1. The molecule has 2 aliphatic heterocycles. The molecule has 3 heterocycles. The first-order valence-electron chi connectivity index (χ1n) is 7.72. The lowest BCUT2D eigenvalue weighted by atomic mass is 10.1. The van der Waals surface area contributed by atoms with Crippen molar-refractivity contribution in [3.8, 4) is 0 Å².